The number of hydrogen-bond acceptors (Lipinski definition) is 9. The monoisotopic (exact) mass is 757 g/mol. The van der Waals surface area contributed by atoms with E-state index in [4.69, 9.17) is 40.0 Å². The number of hydrogen-bond donors (Lipinski definition) is 0. The maximum absolute atomic E-state index is 14.0. The molecule has 3 aliphatic rings. The quantitative estimate of drug-likeness (QED) is 0.210. The molecule has 1 aromatic carbocycles. The minimum Gasteiger partial charge on any atom is -0.481 e. The van der Waals surface area contributed by atoms with Crippen LogP contribution < -0.4 is 9.64 Å². The van der Waals surface area contributed by atoms with Crippen molar-refractivity contribution in [2.45, 2.75) is 122 Å². The van der Waals surface area contributed by atoms with E-state index in [2.05, 4.69) is 39.9 Å². The summed E-state index contributed by atoms with van der Waals surface area (Å²) in [4.78, 5) is 37.1. The zero-order valence-corrected chi connectivity index (χ0v) is 34.0. The first kappa shape index (κ1) is 38.0. The molecule has 2 amide bonds. The summed E-state index contributed by atoms with van der Waals surface area (Å²) in [6.07, 6.45) is 4.32. The molecule has 2 fully saturated rings. The molecule has 51 heavy (non-hydrogen) atoms. The second kappa shape index (κ2) is 14.2. The normalized spacial score (nSPS) is 23.1. The summed E-state index contributed by atoms with van der Waals surface area (Å²) in [5.74, 6) is 0.324. The van der Waals surface area contributed by atoms with E-state index >= 15 is 0 Å². The van der Waals surface area contributed by atoms with Crippen molar-refractivity contribution in [3.05, 3.63) is 40.4 Å². The molecule has 0 aliphatic carbocycles. The Morgan fingerprint density at radius 3 is 2.59 bits per heavy atom. The first-order valence-electron chi connectivity index (χ1n) is 17.9. The highest BCUT2D eigenvalue weighted by molar-refractivity contribution is 7.19. The third kappa shape index (κ3) is 8.11. The zero-order valence-electron chi connectivity index (χ0n) is 31.4. The molecule has 10 nitrogen and oxygen atoms in total. The van der Waals surface area contributed by atoms with Crippen LogP contribution in [0.1, 0.15) is 79.0 Å². The Balaban J connectivity index is 1.37. The molecule has 3 aliphatic heterocycles. The van der Waals surface area contributed by atoms with Gasteiger partial charge >= 0.3 is 6.09 Å². The van der Waals surface area contributed by atoms with Crippen molar-refractivity contribution in [3.8, 4) is 16.9 Å². The summed E-state index contributed by atoms with van der Waals surface area (Å²) >= 11 is 8.39. The van der Waals surface area contributed by atoms with Crippen molar-refractivity contribution in [2.75, 3.05) is 31.3 Å². The van der Waals surface area contributed by atoms with Gasteiger partial charge in [0.2, 0.25) is 0 Å². The molecule has 278 valence electrons. The maximum Gasteiger partial charge on any atom is 0.410 e. The summed E-state index contributed by atoms with van der Waals surface area (Å²) in [7, 11) is -1.97. The lowest BCUT2D eigenvalue weighted by molar-refractivity contribution is -0.177. The molecule has 3 aromatic rings. The zero-order chi connectivity index (χ0) is 36.9. The average Bonchev–Trinajstić information content (AvgIpc) is 3.63. The van der Waals surface area contributed by atoms with Crippen LogP contribution in [0.2, 0.25) is 23.2 Å². The van der Waals surface area contributed by atoms with Crippen molar-refractivity contribution >= 4 is 59.2 Å². The number of ether oxygens (including phenoxy) is 4. The summed E-state index contributed by atoms with van der Waals surface area (Å²) in [5, 5.41) is 0.585. The number of benzene rings is 1. The van der Waals surface area contributed by atoms with E-state index in [1.54, 1.807) is 28.5 Å². The predicted molar refractivity (Wildman–Crippen MR) is 204 cm³/mol. The lowest BCUT2D eigenvalue weighted by Crippen LogP contribution is -2.50. The molecule has 13 heteroatoms. The van der Waals surface area contributed by atoms with E-state index in [0.29, 0.717) is 36.1 Å². The highest BCUT2D eigenvalue weighted by Gasteiger charge is 2.51. The van der Waals surface area contributed by atoms with Gasteiger partial charge in [0.05, 0.1) is 40.7 Å². The number of pyridine rings is 1. The van der Waals surface area contributed by atoms with Crippen LogP contribution in [-0.4, -0.2) is 80.0 Å². The second-order valence-electron chi connectivity index (χ2n) is 16.7. The predicted octanol–water partition coefficient (Wildman–Crippen LogP) is 9.18. The van der Waals surface area contributed by atoms with E-state index in [0.717, 1.165) is 45.5 Å². The molecule has 0 saturated carbocycles. The van der Waals surface area contributed by atoms with Gasteiger partial charge in [0.25, 0.3) is 5.91 Å². The largest absolute Gasteiger partial charge is 0.481 e. The number of thiophene rings is 1. The molecule has 2 aromatic heterocycles. The number of nitrogens with zero attached hydrogens (tertiary/aromatic N) is 3. The van der Waals surface area contributed by atoms with Crippen molar-refractivity contribution in [1.29, 1.82) is 0 Å². The van der Waals surface area contributed by atoms with Crippen LogP contribution in [0, 0.1) is 0 Å². The fourth-order valence-corrected chi connectivity index (χ4v) is 9.06. The van der Waals surface area contributed by atoms with Crippen molar-refractivity contribution < 1.29 is 33.0 Å². The lowest BCUT2D eigenvalue weighted by atomic mass is 9.95. The smallest absolute Gasteiger partial charge is 0.410 e. The molecule has 5 heterocycles. The molecule has 0 N–H and O–H groups in total. The van der Waals surface area contributed by atoms with E-state index in [1.165, 1.54) is 0 Å². The maximum atomic E-state index is 14.0. The molecule has 3 atom stereocenters. The number of carbonyl (C=O) groups is 2. The van der Waals surface area contributed by atoms with E-state index in [-0.39, 0.29) is 43.0 Å². The van der Waals surface area contributed by atoms with Crippen molar-refractivity contribution in [1.82, 2.24) is 9.88 Å². The molecule has 0 bridgehead atoms. The number of carbonyl (C=O) groups excluding carboxylic acids is 2. The molecule has 1 unspecified atom stereocenters. The SMILES string of the molecule is CC(C)(C)OC(=O)N1C[C@@H](N2C(=O)COc3cc(Cl)cc(-c4ccnc5cc(CO[Si](C)(C)C(C)(C)C)sc45)c32)C[C@]1(C)COC1CCCCO1. The molecule has 2 saturated heterocycles. The van der Waals surface area contributed by atoms with Crippen LogP contribution in [0.25, 0.3) is 21.3 Å². The highest BCUT2D eigenvalue weighted by Crippen LogP contribution is 2.49. The minimum atomic E-state index is -1.97. The number of rotatable bonds is 8. The van der Waals surface area contributed by atoms with Gasteiger partial charge in [-0.15, -0.1) is 11.3 Å². The Labute approximate surface area is 311 Å². The second-order valence-corrected chi connectivity index (χ2v) is 23.1. The first-order chi connectivity index (χ1) is 23.8. The number of amides is 2. The summed E-state index contributed by atoms with van der Waals surface area (Å²) in [5.41, 5.74) is 1.67. The average molecular weight is 758 g/mol. The van der Waals surface area contributed by atoms with Crippen LogP contribution in [0.5, 0.6) is 5.75 Å². The Morgan fingerprint density at radius 1 is 1.14 bits per heavy atom. The number of aromatic nitrogens is 1. The Kier molecular flexibility index (Phi) is 10.6. The van der Waals surface area contributed by atoms with E-state index in [1.807, 2.05) is 44.7 Å². The minimum absolute atomic E-state index is 0.0914. The number of anilines is 1. The fourth-order valence-electron chi connectivity index (χ4n) is 6.75. The van der Waals surface area contributed by atoms with Gasteiger partial charge in [-0.25, -0.2) is 4.79 Å². The van der Waals surface area contributed by atoms with Crippen molar-refractivity contribution in [3.63, 3.8) is 0 Å². The van der Waals surface area contributed by atoms with Crippen LogP contribution in [-0.2, 0) is 30.0 Å². The van der Waals surface area contributed by atoms with Gasteiger partial charge in [-0.05, 0) is 89.7 Å². The summed E-state index contributed by atoms with van der Waals surface area (Å²) in [6.45, 7) is 20.3. The number of halogens is 1. The highest BCUT2D eigenvalue weighted by atomic mass is 35.5. The molecule has 6 rings (SSSR count). The van der Waals surface area contributed by atoms with Gasteiger partial charge in [0.1, 0.15) is 11.4 Å². The number of likely N-dealkylation sites (tertiary alicyclic amines) is 1. The topological polar surface area (TPSA) is 99.7 Å². The van der Waals surface area contributed by atoms with Gasteiger partial charge in [-0.1, -0.05) is 32.4 Å². The van der Waals surface area contributed by atoms with Gasteiger partial charge < -0.3 is 28.3 Å². The van der Waals surface area contributed by atoms with E-state index in [9.17, 15) is 9.59 Å². The summed E-state index contributed by atoms with van der Waals surface area (Å²) in [6, 6.07) is 7.31. The standard InChI is InChI=1S/C38H52ClN3O7SSi/c1-36(2,3)49-35(44)41-20-25(19-38(41,7)23-47-32-12-10-11-15-45-32)42-31(43)22-46-30-17-24(39)16-28(33(30)42)27-13-14-40-29-18-26(50-34(27)29)21-48-51(8,9)37(4,5)6/h13-14,16-18,25,32H,10-12,15,19-23H2,1-9H3/t25-,32?,38+/m0/s1. The van der Waals surface area contributed by atoms with Gasteiger partial charge in [-0.3, -0.25) is 14.7 Å². The summed E-state index contributed by atoms with van der Waals surface area (Å²) < 4.78 is 31.7. The van der Waals surface area contributed by atoms with Crippen molar-refractivity contribution in [2.24, 2.45) is 0 Å². The Bertz CT molecular complexity index is 1780. The third-order valence-electron chi connectivity index (χ3n) is 10.5. The fraction of sp³-hybridized carbons (Fsp3) is 0.605. The molecule has 0 radical (unpaired) electrons. The van der Waals surface area contributed by atoms with Crippen LogP contribution >= 0.6 is 22.9 Å². The Hall–Kier alpha value is -2.74. The molecule has 0 spiro atoms. The van der Waals surface area contributed by atoms with Crippen LogP contribution in [0.3, 0.4) is 0 Å². The third-order valence-corrected chi connectivity index (χ3v) is 16.3. The molecular formula is C38H52ClN3O7SSi. The van der Waals surface area contributed by atoms with Crippen LogP contribution in [0.4, 0.5) is 10.5 Å². The lowest BCUT2D eigenvalue weighted by Gasteiger charge is -2.37. The van der Waals surface area contributed by atoms with Gasteiger partial charge in [0.15, 0.2) is 21.2 Å². The Morgan fingerprint density at radius 2 is 1.90 bits per heavy atom. The first-order valence-corrected chi connectivity index (χ1v) is 22.0. The van der Waals surface area contributed by atoms with E-state index < -0.39 is 25.6 Å². The van der Waals surface area contributed by atoms with Gasteiger partial charge in [0, 0.05) is 46.4 Å². The molecular weight excluding hydrogens is 706 g/mol. The number of fused-ring (bicyclic) bond motifs is 2. The van der Waals surface area contributed by atoms with Gasteiger partial charge in [-0.2, -0.15) is 0 Å². The van der Waals surface area contributed by atoms with Crippen LogP contribution in [0.15, 0.2) is 30.5 Å².